The van der Waals surface area contributed by atoms with Crippen molar-refractivity contribution in [3.8, 4) is 11.6 Å². The molecule has 1 aromatic heterocycles. The van der Waals surface area contributed by atoms with Gasteiger partial charge in [-0.05, 0) is 44.3 Å². The number of fused-ring (bicyclic) bond motifs is 2. The second-order valence-corrected chi connectivity index (χ2v) is 5.16. The van der Waals surface area contributed by atoms with Crippen LogP contribution in [0.1, 0.15) is 17.5 Å². The van der Waals surface area contributed by atoms with Crippen LogP contribution in [0.4, 0.5) is 0 Å². The molecule has 0 saturated heterocycles. The zero-order valence-electron chi connectivity index (χ0n) is 11.8. The number of nitrogens with zero attached hydrogens (tertiary/aromatic N) is 2. The molecule has 3 rings (SSSR count). The Labute approximate surface area is 119 Å². The maximum absolute atomic E-state index is 5.87. The third kappa shape index (κ3) is 2.45. The number of para-hydroxylation sites is 1. The van der Waals surface area contributed by atoms with Gasteiger partial charge in [0.2, 0.25) is 5.88 Å². The van der Waals surface area contributed by atoms with Crippen molar-refractivity contribution in [2.75, 3.05) is 20.6 Å². The lowest BCUT2D eigenvalue weighted by Crippen LogP contribution is -2.12. The molecule has 0 amide bonds. The molecule has 3 nitrogen and oxygen atoms in total. The fourth-order valence-corrected chi connectivity index (χ4v) is 2.39. The average molecular weight is 266 g/mol. The molecule has 0 fully saturated rings. The van der Waals surface area contributed by atoms with Gasteiger partial charge in [-0.15, -0.1) is 0 Å². The Morgan fingerprint density at radius 2 is 1.90 bits per heavy atom. The number of hydrogen-bond donors (Lipinski definition) is 0. The summed E-state index contributed by atoms with van der Waals surface area (Å²) in [5.41, 5.74) is 3.44. The summed E-state index contributed by atoms with van der Waals surface area (Å²) in [6.45, 7) is 1.03. The Hall–Kier alpha value is -2.13. The van der Waals surface area contributed by atoms with Crippen LogP contribution in [0.2, 0.25) is 0 Å². The highest BCUT2D eigenvalue weighted by Crippen LogP contribution is 2.42. The molecule has 1 aliphatic heterocycles. The van der Waals surface area contributed by atoms with Crippen molar-refractivity contribution in [3.05, 3.63) is 59.8 Å². The first-order valence-corrected chi connectivity index (χ1v) is 6.83. The van der Waals surface area contributed by atoms with Crippen LogP contribution >= 0.6 is 0 Å². The van der Waals surface area contributed by atoms with E-state index in [0.717, 1.165) is 29.8 Å². The van der Waals surface area contributed by atoms with Gasteiger partial charge in [-0.2, -0.15) is 0 Å². The van der Waals surface area contributed by atoms with E-state index in [4.69, 9.17) is 4.74 Å². The molecular weight excluding hydrogens is 248 g/mol. The van der Waals surface area contributed by atoms with Crippen molar-refractivity contribution in [2.24, 2.45) is 0 Å². The van der Waals surface area contributed by atoms with Crippen LogP contribution in [0.15, 0.2) is 48.7 Å². The molecule has 1 aliphatic rings. The van der Waals surface area contributed by atoms with Crippen LogP contribution < -0.4 is 4.74 Å². The van der Waals surface area contributed by atoms with Gasteiger partial charge in [-0.3, -0.25) is 0 Å². The van der Waals surface area contributed by atoms with E-state index in [0.29, 0.717) is 5.88 Å². The maximum atomic E-state index is 5.87. The smallest absolute Gasteiger partial charge is 0.227 e. The van der Waals surface area contributed by atoms with Gasteiger partial charge in [0.25, 0.3) is 0 Å². The molecule has 0 unspecified atom stereocenters. The van der Waals surface area contributed by atoms with E-state index < -0.39 is 0 Å². The predicted octanol–water partition coefficient (Wildman–Crippen LogP) is 3.57. The van der Waals surface area contributed by atoms with Gasteiger partial charge in [0, 0.05) is 23.9 Å². The lowest BCUT2D eigenvalue weighted by Gasteiger charge is -2.21. The minimum atomic E-state index is 0.697. The zero-order chi connectivity index (χ0) is 13.9. The van der Waals surface area contributed by atoms with Gasteiger partial charge in [0.15, 0.2) is 0 Å². The van der Waals surface area contributed by atoms with Crippen LogP contribution in [-0.2, 0) is 0 Å². The van der Waals surface area contributed by atoms with E-state index in [2.05, 4.69) is 42.2 Å². The fraction of sp³-hybridized carbons (Fsp3) is 0.235. The average Bonchev–Trinajstić information content (AvgIpc) is 2.46. The van der Waals surface area contributed by atoms with E-state index in [1.807, 2.05) is 24.3 Å². The van der Waals surface area contributed by atoms with Gasteiger partial charge >= 0.3 is 0 Å². The van der Waals surface area contributed by atoms with Crippen LogP contribution in [0.3, 0.4) is 0 Å². The first-order valence-electron chi connectivity index (χ1n) is 6.83. The van der Waals surface area contributed by atoms with Gasteiger partial charge < -0.3 is 9.64 Å². The Balaban J connectivity index is 2.03. The van der Waals surface area contributed by atoms with Crippen LogP contribution in [0.5, 0.6) is 11.6 Å². The Morgan fingerprint density at radius 3 is 2.75 bits per heavy atom. The van der Waals surface area contributed by atoms with E-state index >= 15 is 0 Å². The molecule has 2 heterocycles. The summed E-state index contributed by atoms with van der Waals surface area (Å²) >= 11 is 0. The van der Waals surface area contributed by atoms with Gasteiger partial charge in [-0.25, -0.2) is 4.98 Å². The summed E-state index contributed by atoms with van der Waals surface area (Å²) in [6.07, 6.45) is 5.05. The molecule has 2 aromatic rings. The van der Waals surface area contributed by atoms with E-state index in [1.165, 1.54) is 5.57 Å². The van der Waals surface area contributed by atoms with Crippen molar-refractivity contribution in [1.29, 1.82) is 0 Å². The number of hydrogen-bond acceptors (Lipinski definition) is 3. The van der Waals surface area contributed by atoms with E-state index in [9.17, 15) is 0 Å². The van der Waals surface area contributed by atoms with E-state index in [1.54, 1.807) is 6.20 Å². The number of aromatic nitrogens is 1. The molecule has 0 N–H and O–H groups in total. The maximum Gasteiger partial charge on any atom is 0.227 e. The summed E-state index contributed by atoms with van der Waals surface area (Å²) in [7, 11) is 4.18. The predicted molar refractivity (Wildman–Crippen MR) is 81.0 cm³/mol. The lowest BCUT2D eigenvalue weighted by molar-refractivity contribution is 0.417. The van der Waals surface area contributed by atoms with Crippen molar-refractivity contribution in [2.45, 2.75) is 6.42 Å². The van der Waals surface area contributed by atoms with Crippen molar-refractivity contribution >= 4 is 5.57 Å². The summed E-state index contributed by atoms with van der Waals surface area (Å²) in [4.78, 5) is 6.53. The van der Waals surface area contributed by atoms with Gasteiger partial charge in [-0.1, -0.05) is 24.3 Å². The van der Waals surface area contributed by atoms with Crippen molar-refractivity contribution in [1.82, 2.24) is 9.88 Å². The van der Waals surface area contributed by atoms with E-state index in [-0.39, 0.29) is 0 Å². The normalized spacial score (nSPS) is 14.8. The minimum Gasteiger partial charge on any atom is -0.438 e. The topological polar surface area (TPSA) is 25.4 Å². The van der Waals surface area contributed by atoms with Crippen LogP contribution in [0, 0.1) is 0 Å². The Morgan fingerprint density at radius 1 is 1.10 bits per heavy atom. The molecule has 0 saturated carbocycles. The highest BCUT2D eigenvalue weighted by Gasteiger charge is 2.21. The quantitative estimate of drug-likeness (QED) is 0.724. The molecule has 0 spiro atoms. The second kappa shape index (κ2) is 5.47. The SMILES string of the molecule is CN(C)CC/C=C1/c2ccccc2Oc2ncccc21. The Kier molecular flexibility index (Phi) is 3.52. The third-order valence-electron chi connectivity index (χ3n) is 3.37. The largest absolute Gasteiger partial charge is 0.438 e. The molecule has 102 valence electrons. The molecule has 1 aromatic carbocycles. The zero-order valence-corrected chi connectivity index (χ0v) is 11.8. The number of rotatable bonds is 3. The summed E-state index contributed by atoms with van der Waals surface area (Å²) < 4.78 is 5.87. The molecule has 20 heavy (non-hydrogen) atoms. The first kappa shape index (κ1) is 12.9. The van der Waals surface area contributed by atoms with Gasteiger partial charge in [0.1, 0.15) is 5.75 Å². The summed E-state index contributed by atoms with van der Waals surface area (Å²) in [5.74, 6) is 1.58. The van der Waals surface area contributed by atoms with Crippen LogP contribution in [0.25, 0.3) is 5.57 Å². The third-order valence-corrected chi connectivity index (χ3v) is 3.37. The Bertz CT molecular complexity index is 599. The standard InChI is InChI=1S/C17H18N2O/c1-19(2)12-6-9-13-14-7-3-4-10-16(14)20-17-15(13)8-5-11-18-17/h3-5,7-11H,6,12H2,1-2H3/b13-9-. The molecule has 3 heteroatoms. The monoisotopic (exact) mass is 266 g/mol. The number of benzene rings is 1. The molecular formula is C17H18N2O. The van der Waals surface area contributed by atoms with Crippen molar-refractivity contribution < 1.29 is 4.74 Å². The molecule has 0 aliphatic carbocycles. The highest BCUT2D eigenvalue weighted by molar-refractivity contribution is 5.87. The van der Waals surface area contributed by atoms with Crippen molar-refractivity contribution in [3.63, 3.8) is 0 Å². The molecule has 0 atom stereocenters. The summed E-state index contributed by atoms with van der Waals surface area (Å²) in [6, 6.07) is 12.2. The first-order chi connectivity index (χ1) is 9.75. The number of pyridine rings is 1. The number of ether oxygens (including phenoxy) is 1. The lowest BCUT2D eigenvalue weighted by atomic mass is 9.95. The van der Waals surface area contributed by atoms with Crippen LogP contribution in [-0.4, -0.2) is 30.5 Å². The van der Waals surface area contributed by atoms with Gasteiger partial charge in [0.05, 0.1) is 0 Å². The fourth-order valence-electron chi connectivity index (χ4n) is 2.39. The summed E-state index contributed by atoms with van der Waals surface area (Å²) in [5, 5.41) is 0. The molecule has 0 bridgehead atoms. The second-order valence-electron chi connectivity index (χ2n) is 5.16. The highest BCUT2D eigenvalue weighted by atomic mass is 16.5. The molecule has 0 radical (unpaired) electrons. The minimum absolute atomic E-state index is 0.697.